The van der Waals surface area contributed by atoms with Gasteiger partial charge in [-0.3, -0.25) is 0 Å². The van der Waals surface area contributed by atoms with Crippen LogP contribution in [0.15, 0.2) is 30.5 Å². The number of hydrogen-bond donors (Lipinski definition) is 1. The first-order valence-corrected chi connectivity index (χ1v) is 7.41. The van der Waals surface area contributed by atoms with Crippen LogP contribution >= 0.6 is 22.9 Å². The van der Waals surface area contributed by atoms with Gasteiger partial charge in [-0.05, 0) is 19.0 Å². The van der Waals surface area contributed by atoms with Gasteiger partial charge in [0.15, 0.2) is 0 Å². The molecule has 0 aliphatic heterocycles. The molecule has 0 saturated heterocycles. The minimum absolute atomic E-state index is 0.761. The first-order valence-electron chi connectivity index (χ1n) is 6.21. The lowest BCUT2D eigenvalue weighted by Gasteiger charge is -2.00. The Morgan fingerprint density at radius 2 is 2.17 bits per heavy atom. The van der Waals surface area contributed by atoms with Gasteiger partial charge in [-0.2, -0.15) is 0 Å². The van der Waals surface area contributed by atoms with Gasteiger partial charge in [-0.15, -0.1) is 11.3 Å². The fraction of sp³-hybridized carbons (Fsp3) is 0.357. The maximum absolute atomic E-state index is 6.16. The van der Waals surface area contributed by atoms with Crippen LogP contribution in [0.1, 0.15) is 24.6 Å². The summed E-state index contributed by atoms with van der Waals surface area (Å²) in [5, 5.41) is 5.17. The predicted octanol–water partition coefficient (Wildman–Crippen LogP) is 4.35. The Morgan fingerprint density at radius 1 is 1.33 bits per heavy atom. The number of nitrogens with one attached hydrogen (secondary N) is 1. The van der Waals surface area contributed by atoms with Crippen molar-refractivity contribution in [3.8, 4) is 10.6 Å². The Balaban J connectivity index is 2.00. The molecule has 2 aromatic rings. The number of halogens is 1. The first-order chi connectivity index (χ1) is 8.81. The van der Waals surface area contributed by atoms with E-state index >= 15 is 0 Å². The molecule has 0 atom stereocenters. The summed E-state index contributed by atoms with van der Waals surface area (Å²) in [4.78, 5) is 5.69. The molecule has 1 aromatic carbocycles. The second-order valence-electron chi connectivity index (χ2n) is 4.14. The largest absolute Gasteiger partial charge is 0.312 e. The van der Waals surface area contributed by atoms with E-state index in [2.05, 4.69) is 17.2 Å². The van der Waals surface area contributed by atoms with Gasteiger partial charge >= 0.3 is 0 Å². The van der Waals surface area contributed by atoms with Gasteiger partial charge in [0.05, 0.1) is 5.02 Å². The molecular formula is C14H17ClN2S. The molecule has 0 fully saturated rings. The summed E-state index contributed by atoms with van der Waals surface area (Å²) >= 11 is 7.86. The lowest BCUT2D eigenvalue weighted by Crippen LogP contribution is -2.13. The van der Waals surface area contributed by atoms with Crippen LogP contribution in [0.3, 0.4) is 0 Å². The molecule has 1 aromatic heterocycles. The van der Waals surface area contributed by atoms with E-state index in [0.717, 1.165) is 28.7 Å². The quantitative estimate of drug-likeness (QED) is 0.796. The second kappa shape index (κ2) is 6.88. The Morgan fingerprint density at radius 3 is 2.94 bits per heavy atom. The van der Waals surface area contributed by atoms with Crippen LogP contribution in [0.5, 0.6) is 0 Å². The first kappa shape index (κ1) is 13.5. The fourth-order valence-corrected chi connectivity index (χ4v) is 2.86. The van der Waals surface area contributed by atoms with Crippen molar-refractivity contribution in [1.82, 2.24) is 10.3 Å². The third-order valence-electron chi connectivity index (χ3n) is 2.66. The Kier molecular flexibility index (Phi) is 5.17. The summed E-state index contributed by atoms with van der Waals surface area (Å²) in [7, 11) is 0. The highest BCUT2D eigenvalue weighted by Crippen LogP contribution is 2.30. The van der Waals surface area contributed by atoms with Crippen molar-refractivity contribution in [2.45, 2.75) is 26.3 Å². The van der Waals surface area contributed by atoms with E-state index in [9.17, 15) is 0 Å². The fourth-order valence-electron chi connectivity index (χ4n) is 1.66. The van der Waals surface area contributed by atoms with Gasteiger partial charge in [0.2, 0.25) is 0 Å². The Bertz CT molecular complexity index is 496. The number of benzene rings is 1. The molecule has 0 amide bonds. The third kappa shape index (κ3) is 3.55. The van der Waals surface area contributed by atoms with Crippen molar-refractivity contribution in [2.24, 2.45) is 0 Å². The minimum Gasteiger partial charge on any atom is -0.312 e. The van der Waals surface area contributed by atoms with Gasteiger partial charge in [0.25, 0.3) is 0 Å². The average Bonchev–Trinajstić information content (AvgIpc) is 2.84. The SMILES string of the molecule is CCCCNCc1cnc(-c2ccccc2Cl)s1. The van der Waals surface area contributed by atoms with E-state index in [1.165, 1.54) is 17.7 Å². The number of unbranched alkanes of at least 4 members (excludes halogenated alkanes) is 1. The third-order valence-corrected chi connectivity index (χ3v) is 4.02. The van der Waals surface area contributed by atoms with Crippen LogP contribution in [0.4, 0.5) is 0 Å². The van der Waals surface area contributed by atoms with E-state index in [0.29, 0.717) is 0 Å². The van der Waals surface area contributed by atoms with Gasteiger partial charge < -0.3 is 5.32 Å². The average molecular weight is 281 g/mol. The topological polar surface area (TPSA) is 24.9 Å². The molecule has 0 bridgehead atoms. The van der Waals surface area contributed by atoms with Crippen molar-refractivity contribution >= 4 is 22.9 Å². The normalized spacial score (nSPS) is 10.8. The molecular weight excluding hydrogens is 264 g/mol. The summed E-state index contributed by atoms with van der Waals surface area (Å²) in [5.41, 5.74) is 1.02. The number of hydrogen-bond acceptors (Lipinski definition) is 3. The van der Waals surface area contributed by atoms with E-state index in [4.69, 9.17) is 11.6 Å². The number of nitrogens with zero attached hydrogens (tertiary/aromatic N) is 1. The summed E-state index contributed by atoms with van der Waals surface area (Å²) < 4.78 is 0. The Hall–Kier alpha value is -0.900. The highest BCUT2D eigenvalue weighted by atomic mass is 35.5. The summed E-state index contributed by atoms with van der Waals surface area (Å²) in [5.74, 6) is 0. The molecule has 0 radical (unpaired) electrons. The Labute approximate surface area is 117 Å². The summed E-state index contributed by atoms with van der Waals surface area (Å²) in [6.07, 6.45) is 4.37. The number of thiazole rings is 1. The monoisotopic (exact) mass is 280 g/mol. The molecule has 4 heteroatoms. The van der Waals surface area contributed by atoms with Crippen molar-refractivity contribution < 1.29 is 0 Å². The zero-order valence-electron chi connectivity index (χ0n) is 10.4. The molecule has 0 spiro atoms. The van der Waals surface area contributed by atoms with Crippen molar-refractivity contribution in [1.29, 1.82) is 0 Å². The molecule has 0 aliphatic carbocycles. The van der Waals surface area contributed by atoms with Crippen LogP contribution in [-0.2, 0) is 6.54 Å². The molecule has 2 nitrogen and oxygen atoms in total. The van der Waals surface area contributed by atoms with Crippen LogP contribution in [0.25, 0.3) is 10.6 Å². The van der Waals surface area contributed by atoms with Crippen LogP contribution in [-0.4, -0.2) is 11.5 Å². The van der Waals surface area contributed by atoms with Gasteiger partial charge in [-0.25, -0.2) is 4.98 Å². The molecule has 0 saturated carbocycles. The molecule has 0 aliphatic rings. The molecule has 1 N–H and O–H groups in total. The summed E-state index contributed by atoms with van der Waals surface area (Å²) in [6.45, 7) is 4.15. The molecule has 18 heavy (non-hydrogen) atoms. The van der Waals surface area contributed by atoms with Crippen molar-refractivity contribution in [3.63, 3.8) is 0 Å². The lowest BCUT2D eigenvalue weighted by atomic mass is 10.2. The van der Waals surface area contributed by atoms with E-state index in [-0.39, 0.29) is 0 Å². The molecule has 96 valence electrons. The maximum atomic E-state index is 6.16. The second-order valence-corrected chi connectivity index (χ2v) is 5.66. The van der Waals surface area contributed by atoms with Gasteiger partial charge in [-0.1, -0.05) is 43.1 Å². The van der Waals surface area contributed by atoms with Crippen molar-refractivity contribution in [2.75, 3.05) is 6.54 Å². The van der Waals surface area contributed by atoms with Gasteiger partial charge in [0.1, 0.15) is 5.01 Å². The molecule has 0 unspecified atom stereocenters. The van der Waals surface area contributed by atoms with E-state index in [1.807, 2.05) is 30.5 Å². The molecule has 2 rings (SSSR count). The zero-order chi connectivity index (χ0) is 12.8. The predicted molar refractivity (Wildman–Crippen MR) is 79.2 cm³/mol. The maximum Gasteiger partial charge on any atom is 0.125 e. The zero-order valence-corrected chi connectivity index (χ0v) is 12.0. The number of aromatic nitrogens is 1. The highest BCUT2D eigenvalue weighted by Gasteiger charge is 2.07. The lowest BCUT2D eigenvalue weighted by molar-refractivity contribution is 0.645. The highest BCUT2D eigenvalue weighted by molar-refractivity contribution is 7.15. The van der Waals surface area contributed by atoms with Gasteiger partial charge in [0, 0.05) is 23.2 Å². The van der Waals surface area contributed by atoms with E-state index in [1.54, 1.807) is 11.3 Å². The minimum atomic E-state index is 0.761. The van der Waals surface area contributed by atoms with Crippen molar-refractivity contribution in [3.05, 3.63) is 40.4 Å². The molecule has 1 heterocycles. The van der Waals surface area contributed by atoms with Crippen LogP contribution < -0.4 is 5.32 Å². The van der Waals surface area contributed by atoms with Crippen LogP contribution in [0.2, 0.25) is 5.02 Å². The standard InChI is InChI=1S/C14H17ClN2S/c1-2-3-8-16-9-11-10-17-14(18-11)12-6-4-5-7-13(12)15/h4-7,10,16H,2-3,8-9H2,1H3. The van der Waals surface area contributed by atoms with Crippen LogP contribution in [0, 0.1) is 0 Å². The smallest absolute Gasteiger partial charge is 0.125 e. The number of rotatable bonds is 6. The van der Waals surface area contributed by atoms with E-state index < -0.39 is 0 Å². The summed E-state index contributed by atoms with van der Waals surface area (Å²) in [6, 6.07) is 7.83.